The summed E-state index contributed by atoms with van der Waals surface area (Å²) in [6.45, 7) is 3.25. The number of rotatable bonds is 2. The van der Waals surface area contributed by atoms with Crippen molar-refractivity contribution in [1.29, 1.82) is 0 Å². The summed E-state index contributed by atoms with van der Waals surface area (Å²) in [6.07, 6.45) is 3.86. The maximum atomic E-state index is 6.04. The van der Waals surface area contributed by atoms with E-state index in [1.54, 1.807) is 0 Å². The third-order valence-corrected chi connectivity index (χ3v) is 4.08. The molecular weight excluding hydrogens is 234 g/mol. The molecule has 90 valence electrons. The van der Waals surface area contributed by atoms with Crippen molar-refractivity contribution in [2.75, 3.05) is 5.73 Å². The zero-order valence-electron chi connectivity index (χ0n) is 9.91. The maximum Gasteiger partial charge on any atom is 0.201 e. The molecular formula is C13H16ClN3. The van der Waals surface area contributed by atoms with Gasteiger partial charge in [0.15, 0.2) is 0 Å². The van der Waals surface area contributed by atoms with E-state index in [-0.39, 0.29) is 0 Å². The van der Waals surface area contributed by atoms with E-state index in [4.69, 9.17) is 17.3 Å². The van der Waals surface area contributed by atoms with Gasteiger partial charge in [-0.25, -0.2) is 4.98 Å². The summed E-state index contributed by atoms with van der Waals surface area (Å²) in [5.41, 5.74) is 8.35. The lowest BCUT2D eigenvalue weighted by Gasteiger charge is -2.38. The van der Waals surface area contributed by atoms with Crippen LogP contribution in [0.3, 0.4) is 0 Å². The molecule has 1 aromatic heterocycles. The lowest BCUT2D eigenvalue weighted by molar-refractivity contribution is 0.135. The largest absolute Gasteiger partial charge is 0.369 e. The summed E-state index contributed by atoms with van der Waals surface area (Å²) in [5.74, 6) is 0.593. The molecule has 17 heavy (non-hydrogen) atoms. The van der Waals surface area contributed by atoms with Crippen LogP contribution in [0.4, 0.5) is 5.95 Å². The van der Waals surface area contributed by atoms with E-state index < -0.39 is 0 Å². The smallest absolute Gasteiger partial charge is 0.201 e. The van der Waals surface area contributed by atoms with E-state index in [0.29, 0.717) is 11.4 Å². The predicted octanol–water partition coefficient (Wildman–Crippen LogP) is 3.46. The predicted molar refractivity (Wildman–Crippen MR) is 71.1 cm³/mol. The zero-order valence-corrected chi connectivity index (χ0v) is 10.7. The summed E-state index contributed by atoms with van der Waals surface area (Å²) < 4.78 is 2.10. The van der Waals surface area contributed by atoms with E-state index in [1.165, 1.54) is 19.3 Å². The highest BCUT2D eigenvalue weighted by Crippen LogP contribution is 2.42. The van der Waals surface area contributed by atoms with Crippen molar-refractivity contribution in [3.8, 4) is 0 Å². The van der Waals surface area contributed by atoms with Crippen LogP contribution in [-0.4, -0.2) is 9.55 Å². The Morgan fingerprint density at radius 1 is 1.47 bits per heavy atom. The van der Waals surface area contributed by atoms with Gasteiger partial charge in [-0.2, -0.15) is 0 Å². The molecule has 4 heteroatoms. The molecule has 2 N–H and O–H groups in total. The molecule has 0 unspecified atom stereocenters. The first-order valence-electron chi connectivity index (χ1n) is 5.99. The lowest BCUT2D eigenvalue weighted by atomic mass is 9.70. The number of hydrogen-bond donors (Lipinski definition) is 1. The monoisotopic (exact) mass is 249 g/mol. The lowest BCUT2D eigenvalue weighted by Crippen LogP contribution is -2.31. The van der Waals surface area contributed by atoms with Crippen LogP contribution in [0.2, 0.25) is 5.02 Å². The van der Waals surface area contributed by atoms with Crippen LogP contribution in [-0.2, 0) is 6.54 Å². The number of benzene rings is 1. The summed E-state index contributed by atoms with van der Waals surface area (Å²) in [4.78, 5) is 4.38. The second kappa shape index (κ2) is 3.64. The van der Waals surface area contributed by atoms with Crippen molar-refractivity contribution in [3.63, 3.8) is 0 Å². The first-order valence-corrected chi connectivity index (χ1v) is 6.36. The Labute approximate surface area is 106 Å². The molecule has 0 bridgehead atoms. The van der Waals surface area contributed by atoms with Crippen LogP contribution in [0.1, 0.15) is 26.2 Å². The van der Waals surface area contributed by atoms with Crippen LogP contribution >= 0.6 is 11.6 Å². The SMILES string of the molecule is CC1(Cn2c(N)nc3ccc(Cl)cc32)CCC1. The Morgan fingerprint density at radius 2 is 2.24 bits per heavy atom. The fraction of sp³-hybridized carbons (Fsp3) is 0.462. The topological polar surface area (TPSA) is 43.8 Å². The fourth-order valence-corrected chi connectivity index (χ4v) is 2.77. The number of aromatic nitrogens is 2. The molecule has 0 radical (unpaired) electrons. The van der Waals surface area contributed by atoms with Gasteiger partial charge >= 0.3 is 0 Å². The van der Waals surface area contributed by atoms with E-state index >= 15 is 0 Å². The van der Waals surface area contributed by atoms with Crippen LogP contribution in [0, 0.1) is 5.41 Å². The molecule has 0 saturated heterocycles. The Morgan fingerprint density at radius 3 is 2.88 bits per heavy atom. The van der Waals surface area contributed by atoms with Gasteiger partial charge in [0.25, 0.3) is 0 Å². The van der Waals surface area contributed by atoms with Crippen molar-refractivity contribution in [2.45, 2.75) is 32.7 Å². The number of halogens is 1. The molecule has 1 aliphatic rings. The van der Waals surface area contributed by atoms with Gasteiger partial charge in [0.1, 0.15) is 0 Å². The van der Waals surface area contributed by atoms with Crippen molar-refractivity contribution >= 4 is 28.6 Å². The van der Waals surface area contributed by atoms with Gasteiger partial charge in [0, 0.05) is 11.6 Å². The number of nitrogens with zero attached hydrogens (tertiary/aromatic N) is 2. The molecule has 0 atom stereocenters. The standard InChI is InChI=1S/C13H16ClN3/c1-13(5-2-6-13)8-17-11-7-9(14)3-4-10(11)16-12(17)15/h3-4,7H,2,5-6,8H2,1H3,(H2,15,16). The Hall–Kier alpha value is -1.22. The van der Waals surface area contributed by atoms with E-state index in [0.717, 1.165) is 22.6 Å². The fourth-order valence-electron chi connectivity index (χ4n) is 2.60. The van der Waals surface area contributed by atoms with E-state index in [2.05, 4.69) is 16.5 Å². The van der Waals surface area contributed by atoms with Gasteiger partial charge in [0.05, 0.1) is 11.0 Å². The highest BCUT2D eigenvalue weighted by Gasteiger charge is 2.33. The molecule has 3 nitrogen and oxygen atoms in total. The minimum Gasteiger partial charge on any atom is -0.369 e. The number of nitrogens with two attached hydrogens (primary N) is 1. The minimum atomic E-state index is 0.379. The first-order chi connectivity index (χ1) is 8.07. The quantitative estimate of drug-likeness (QED) is 0.886. The van der Waals surface area contributed by atoms with Gasteiger partial charge in [-0.15, -0.1) is 0 Å². The number of nitrogen functional groups attached to an aromatic ring is 1. The summed E-state index contributed by atoms with van der Waals surface area (Å²) in [5, 5.41) is 0.734. The van der Waals surface area contributed by atoms with E-state index in [9.17, 15) is 0 Å². The molecule has 3 rings (SSSR count). The number of hydrogen-bond acceptors (Lipinski definition) is 2. The van der Waals surface area contributed by atoms with Crippen molar-refractivity contribution in [3.05, 3.63) is 23.2 Å². The molecule has 0 amide bonds. The molecule has 1 aliphatic carbocycles. The van der Waals surface area contributed by atoms with Crippen LogP contribution in [0.25, 0.3) is 11.0 Å². The van der Waals surface area contributed by atoms with Crippen LogP contribution in [0.15, 0.2) is 18.2 Å². The van der Waals surface area contributed by atoms with Crippen molar-refractivity contribution in [1.82, 2.24) is 9.55 Å². The molecule has 1 saturated carbocycles. The maximum absolute atomic E-state index is 6.04. The van der Waals surface area contributed by atoms with Gasteiger partial charge in [0.2, 0.25) is 5.95 Å². The normalized spacial score (nSPS) is 18.2. The summed E-state index contributed by atoms with van der Waals surface area (Å²) >= 11 is 6.04. The third-order valence-electron chi connectivity index (χ3n) is 3.84. The van der Waals surface area contributed by atoms with Crippen molar-refractivity contribution < 1.29 is 0 Å². The zero-order chi connectivity index (χ0) is 12.0. The third kappa shape index (κ3) is 1.78. The molecule has 0 spiro atoms. The first kappa shape index (κ1) is 10.9. The number of anilines is 1. The summed E-state index contributed by atoms with van der Waals surface area (Å²) in [7, 11) is 0. The Balaban J connectivity index is 2.07. The molecule has 1 heterocycles. The second-order valence-electron chi connectivity index (χ2n) is 5.35. The average Bonchev–Trinajstić information content (AvgIpc) is 2.53. The molecule has 1 aromatic carbocycles. The molecule has 1 fully saturated rings. The van der Waals surface area contributed by atoms with Gasteiger partial charge < -0.3 is 10.3 Å². The van der Waals surface area contributed by atoms with Gasteiger partial charge in [-0.1, -0.05) is 24.9 Å². The Kier molecular flexibility index (Phi) is 2.33. The van der Waals surface area contributed by atoms with Crippen LogP contribution in [0.5, 0.6) is 0 Å². The highest BCUT2D eigenvalue weighted by molar-refractivity contribution is 6.31. The van der Waals surface area contributed by atoms with Crippen LogP contribution < -0.4 is 5.73 Å². The number of imidazole rings is 1. The molecule has 0 aliphatic heterocycles. The Bertz CT molecular complexity index is 569. The molecule has 2 aromatic rings. The van der Waals surface area contributed by atoms with Gasteiger partial charge in [-0.05, 0) is 36.5 Å². The van der Waals surface area contributed by atoms with E-state index in [1.807, 2.05) is 18.2 Å². The summed E-state index contributed by atoms with van der Waals surface area (Å²) in [6, 6.07) is 5.72. The second-order valence-corrected chi connectivity index (χ2v) is 5.79. The average molecular weight is 250 g/mol. The highest BCUT2D eigenvalue weighted by atomic mass is 35.5. The number of fused-ring (bicyclic) bond motifs is 1. The van der Waals surface area contributed by atoms with Crippen molar-refractivity contribution in [2.24, 2.45) is 5.41 Å². The minimum absolute atomic E-state index is 0.379. The van der Waals surface area contributed by atoms with Gasteiger partial charge in [-0.3, -0.25) is 0 Å².